The molecule has 1 heterocycles. The van der Waals surface area contributed by atoms with Gasteiger partial charge in [-0.3, -0.25) is 14.5 Å². The molecule has 1 fully saturated rings. The van der Waals surface area contributed by atoms with Crippen LogP contribution in [0.25, 0.3) is 0 Å². The number of sulfonamides is 1. The third-order valence-electron chi connectivity index (χ3n) is 6.04. The topological polar surface area (TPSA) is 125 Å². The van der Waals surface area contributed by atoms with Crippen molar-refractivity contribution in [2.45, 2.75) is 56.1 Å². The number of nitrogens with one attached hydrogen (secondary N) is 3. The van der Waals surface area contributed by atoms with Crippen molar-refractivity contribution in [2.75, 3.05) is 6.54 Å². The second kappa shape index (κ2) is 9.19. The van der Waals surface area contributed by atoms with Gasteiger partial charge in [-0.05, 0) is 61.9 Å². The summed E-state index contributed by atoms with van der Waals surface area (Å²) >= 11 is 0. The summed E-state index contributed by atoms with van der Waals surface area (Å²) in [7, 11) is -3.66. The Kier molecular flexibility index (Phi) is 6.46. The zero-order chi connectivity index (χ0) is 24.5. The lowest BCUT2D eigenvalue weighted by Gasteiger charge is -2.33. The summed E-state index contributed by atoms with van der Waals surface area (Å²) in [4.78, 5) is 39.6. The van der Waals surface area contributed by atoms with Crippen molar-refractivity contribution in [3.05, 3.63) is 65.2 Å². The van der Waals surface area contributed by atoms with Gasteiger partial charge in [-0.15, -0.1) is 0 Å². The molecule has 0 bridgehead atoms. The molecule has 1 spiro atoms. The van der Waals surface area contributed by atoms with Gasteiger partial charge >= 0.3 is 6.03 Å². The number of imide groups is 1. The lowest BCUT2D eigenvalue weighted by atomic mass is 9.76. The first-order chi connectivity index (χ1) is 16.1. The molecule has 9 nitrogen and oxygen atoms in total. The van der Waals surface area contributed by atoms with Crippen LogP contribution in [0.1, 0.15) is 43.4 Å². The van der Waals surface area contributed by atoms with E-state index < -0.39 is 40.0 Å². The highest BCUT2D eigenvalue weighted by Crippen LogP contribution is 2.39. The summed E-state index contributed by atoms with van der Waals surface area (Å²) < 4.78 is 27.3. The van der Waals surface area contributed by atoms with Crippen molar-refractivity contribution in [3.63, 3.8) is 0 Å². The summed E-state index contributed by atoms with van der Waals surface area (Å²) in [6, 6.07) is 12.9. The van der Waals surface area contributed by atoms with Gasteiger partial charge in [0.15, 0.2) is 0 Å². The third-order valence-corrected chi connectivity index (χ3v) is 7.70. The second-order valence-corrected chi connectivity index (χ2v) is 10.7. The number of urea groups is 1. The molecular formula is C24H28N4O5S. The molecule has 10 heteroatoms. The summed E-state index contributed by atoms with van der Waals surface area (Å²) in [5.41, 5.74) is 1.26. The Morgan fingerprint density at radius 2 is 1.91 bits per heavy atom. The van der Waals surface area contributed by atoms with Gasteiger partial charge in [0.2, 0.25) is 15.9 Å². The SMILES string of the molecule is CC(C)NS(=O)(=O)c1cccc(CNC(=O)CN2C(=O)NC3(CCCc4ccccc43)C2=O)c1. The van der Waals surface area contributed by atoms with Gasteiger partial charge in [0, 0.05) is 12.6 Å². The maximum Gasteiger partial charge on any atom is 0.325 e. The quantitative estimate of drug-likeness (QED) is 0.517. The molecule has 4 amide bonds. The Morgan fingerprint density at radius 3 is 2.68 bits per heavy atom. The molecule has 4 rings (SSSR count). The predicted octanol–water partition coefficient (Wildman–Crippen LogP) is 1.77. The lowest BCUT2D eigenvalue weighted by molar-refractivity contribution is -0.135. The number of fused-ring (bicyclic) bond motifs is 2. The number of hydrogen-bond acceptors (Lipinski definition) is 5. The summed E-state index contributed by atoms with van der Waals surface area (Å²) in [6.45, 7) is 3.10. The van der Waals surface area contributed by atoms with Gasteiger partial charge < -0.3 is 10.6 Å². The van der Waals surface area contributed by atoms with Crippen LogP contribution in [0.5, 0.6) is 0 Å². The van der Waals surface area contributed by atoms with E-state index in [1.54, 1.807) is 26.0 Å². The van der Waals surface area contributed by atoms with Gasteiger partial charge in [0.1, 0.15) is 12.1 Å². The first kappa shape index (κ1) is 23.9. The van der Waals surface area contributed by atoms with Gasteiger partial charge in [-0.2, -0.15) is 0 Å². The molecule has 2 aliphatic rings. The molecule has 1 aliphatic heterocycles. The van der Waals surface area contributed by atoms with Crippen molar-refractivity contribution < 1.29 is 22.8 Å². The van der Waals surface area contributed by atoms with E-state index in [2.05, 4.69) is 15.4 Å². The van der Waals surface area contributed by atoms with Gasteiger partial charge in [0.25, 0.3) is 5.91 Å². The van der Waals surface area contributed by atoms with E-state index >= 15 is 0 Å². The van der Waals surface area contributed by atoms with Crippen molar-refractivity contribution >= 4 is 27.9 Å². The predicted molar refractivity (Wildman–Crippen MR) is 125 cm³/mol. The molecule has 180 valence electrons. The lowest BCUT2D eigenvalue weighted by Crippen LogP contribution is -2.47. The Labute approximate surface area is 199 Å². The van der Waals surface area contributed by atoms with Crippen LogP contribution in [0.2, 0.25) is 0 Å². The van der Waals surface area contributed by atoms with Crippen LogP contribution in [-0.4, -0.2) is 43.7 Å². The standard InChI is InChI=1S/C24H28N4O5S/c1-16(2)27-34(32,33)19-10-5-7-17(13-19)14-25-21(29)15-28-22(30)24(26-23(28)31)12-6-9-18-8-3-4-11-20(18)24/h3-5,7-8,10-11,13,16,27H,6,9,12,14-15H2,1-2H3,(H,25,29)(H,26,31). The van der Waals surface area contributed by atoms with Crippen LogP contribution >= 0.6 is 0 Å². The minimum Gasteiger partial charge on any atom is -0.350 e. The number of hydrogen-bond donors (Lipinski definition) is 3. The fourth-order valence-electron chi connectivity index (χ4n) is 4.56. The van der Waals surface area contributed by atoms with Gasteiger partial charge in [0.05, 0.1) is 4.90 Å². The molecule has 2 aromatic carbocycles. The monoisotopic (exact) mass is 484 g/mol. The molecule has 0 aromatic heterocycles. The molecule has 1 atom stereocenters. The molecule has 0 saturated carbocycles. The first-order valence-corrected chi connectivity index (χ1v) is 12.7. The number of carbonyl (C=O) groups is 3. The third kappa shape index (κ3) is 4.55. The largest absolute Gasteiger partial charge is 0.350 e. The van der Waals surface area contributed by atoms with Crippen LogP contribution in [0.4, 0.5) is 4.79 Å². The highest BCUT2D eigenvalue weighted by Gasteiger charge is 2.54. The Morgan fingerprint density at radius 1 is 1.15 bits per heavy atom. The molecule has 1 unspecified atom stereocenters. The normalized spacial score (nSPS) is 19.9. The summed E-state index contributed by atoms with van der Waals surface area (Å²) in [5.74, 6) is -0.939. The molecule has 34 heavy (non-hydrogen) atoms. The van der Waals surface area contributed by atoms with Crippen molar-refractivity contribution in [1.82, 2.24) is 20.3 Å². The number of nitrogens with zero attached hydrogens (tertiary/aromatic N) is 1. The van der Waals surface area contributed by atoms with Crippen molar-refractivity contribution in [3.8, 4) is 0 Å². The molecule has 0 radical (unpaired) electrons. The van der Waals surface area contributed by atoms with Crippen LogP contribution in [0, 0.1) is 0 Å². The van der Waals surface area contributed by atoms with Gasteiger partial charge in [-0.1, -0.05) is 36.4 Å². The maximum absolute atomic E-state index is 13.3. The number of amides is 4. The smallest absolute Gasteiger partial charge is 0.325 e. The average Bonchev–Trinajstić information content (AvgIpc) is 3.02. The van der Waals surface area contributed by atoms with Crippen LogP contribution in [0.3, 0.4) is 0 Å². The van der Waals surface area contributed by atoms with E-state index in [0.717, 1.165) is 28.9 Å². The fraction of sp³-hybridized carbons (Fsp3) is 0.375. The van der Waals surface area contributed by atoms with E-state index in [9.17, 15) is 22.8 Å². The van der Waals surface area contributed by atoms with Crippen molar-refractivity contribution in [2.24, 2.45) is 0 Å². The number of aryl methyl sites for hydroxylation is 1. The Bertz CT molecular complexity index is 1240. The Hall–Kier alpha value is -3.24. The van der Waals surface area contributed by atoms with Crippen LogP contribution in [0.15, 0.2) is 53.4 Å². The van der Waals surface area contributed by atoms with Crippen LogP contribution < -0.4 is 15.4 Å². The molecular weight excluding hydrogens is 456 g/mol. The summed E-state index contributed by atoms with van der Waals surface area (Å²) in [5, 5.41) is 5.50. The van der Waals surface area contributed by atoms with Crippen molar-refractivity contribution in [1.29, 1.82) is 0 Å². The second-order valence-electron chi connectivity index (χ2n) is 8.94. The van der Waals surface area contributed by atoms with E-state index in [0.29, 0.717) is 12.0 Å². The van der Waals surface area contributed by atoms with E-state index in [4.69, 9.17) is 0 Å². The van der Waals surface area contributed by atoms with Gasteiger partial charge in [-0.25, -0.2) is 17.9 Å². The highest BCUT2D eigenvalue weighted by molar-refractivity contribution is 7.89. The van der Waals surface area contributed by atoms with Crippen LogP contribution in [-0.2, 0) is 38.1 Å². The molecule has 1 saturated heterocycles. The molecule has 2 aromatic rings. The average molecular weight is 485 g/mol. The number of carbonyl (C=O) groups excluding carboxylic acids is 3. The molecule has 1 aliphatic carbocycles. The van der Waals surface area contributed by atoms with E-state index in [1.165, 1.54) is 12.1 Å². The fourth-order valence-corrected chi connectivity index (χ4v) is 5.88. The maximum atomic E-state index is 13.3. The van der Waals surface area contributed by atoms with E-state index in [1.807, 2.05) is 24.3 Å². The number of rotatable bonds is 7. The Balaban J connectivity index is 1.42. The highest BCUT2D eigenvalue weighted by atomic mass is 32.2. The minimum absolute atomic E-state index is 0.0570. The zero-order valence-corrected chi connectivity index (χ0v) is 19.9. The summed E-state index contributed by atoms with van der Waals surface area (Å²) in [6.07, 6.45) is 2.08. The number of benzene rings is 2. The first-order valence-electron chi connectivity index (χ1n) is 11.2. The van der Waals surface area contributed by atoms with E-state index in [-0.39, 0.29) is 17.5 Å². The zero-order valence-electron chi connectivity index (χ0n) is 19.1. The minimum atomic E-state index is -3.66. The molecule has 3 N–H and O–H groups in total.